The lowest BCUT2D eigenvalue weighted by Crippen LogP contribution is -2.39. The molecule has 1 rings (SSSR count). The van der Waals surface area contributed by atoms with Crippen LogP contribution in [-0.2, 0) is 5.34 Å². The molecule has 0 saturated carbocycles. The molecule has 0 saturated heterocycles. The Morgan fingerprint density at radius 1 is 1.36 bits per heavy atom. The molecule has 3 nitrogen and oxygen atoms in total. The Morgan fingerprint density at radius 2 is 1.82 bits per heavy atom. The van der Waals surface area contributed by atoms with Gasteiger partial charge in [-0.3, -0.25) is 0 Å². The second-order valence-electron chi connectivity index (χ2n) is 2.52. The summed E-state index contributed by atoms with van der Waals surface area (Å²) in [6.45, 7) is 1.87. The van der Waals surface area contributed by atoms with E-state index in [0.29, 0.717) is 0 Å². The summed E-state index contributed by atoms with van der Waals surface area (Å²) in [5, 5.41) is -1.44. The summed E-state index contributed by atoms with van der Waals surface area (Å²) in [6.07, 6.45) is 3.23. The third kappa shape index (κ3) is 2.05. The molecule has 0 atom stereocenters. The number of rotatable bonds is 1. The molecule has 52 valence electrons. The van der Waals surface area contributed by atoms with Gasteiger partial charge in [-0.15, -0.1) is 0 Å². The smallest absolute Gasteiger partial charge is 0.129 e. The van der Waals surface area contributed by atoms with Gasteiger partial charge in [-0.1, -0.05) is 0 Å². The summed E-state index contributed by atoms with van der Waals surface area (Å²) < 4.78 is 0. The quantitative estimate of drug-likeness (QED) is 0.523. The van der Waals surface area contributed by atoms with Crippen LogP contribution in [0.5, 0.6) is 0 Å². The SMILES string of the molecule is [B]C([B])(N)c1ncc(C)cn1. The molecular formula is C6H7B2N3. The summed E-state index contributed by atoms with van der Waals surface area (Å²) in [6, 6.07) is 0. The number of nitrogens with zero attached hydrogens (tertiary/aromatic N) is 2. The maximum Gasteiger partial charge on any atom is 0.129 e. The molecule has 0 aromatic carbocycles. The average molecular weight is 143 g/mol. The number of aryl methyl sites for hydroxylation is 1. The zero-order valence-electron chi connectivity index (χ0n) is 6.28. The third-order valence-electron chi connectivity index (χ3n) is 1.17. The Hall–Kier alpha value is -0.830. The van der Waals surface area contributed by atoms with Crippen LogP contribution in [0.3, 0.4) is 0 Å². The molecular weight excluding hydrogens is 136 g/mol. The van der Waals surface area contributed by atoms with E-state index in [1.54, 1.807) is 12.4 Å². The Bertz CT molecular complexity index is 239. The van der Waals surface area contributed by atoms with E-state index in [4.69, 9.17) is 21.4 Å². The monoisotopic (exact) mass is 143 g/mol. The van der Waals surface area contributed by atoms with E-state index >= 15 is 0 Å². The molecule has 1 aromatic rings. The van der Waals surface area contributed by atoms with Crippen molar-refractivity contribution in [2.24, 2.45) is 5.73 Å². The average Bonchev–Trinajstić information content (AvgIpc) is 1.86. The van der Waals surface area contributed by atoms with E-state index in [0.717, 1.165) is 5.56 Å². The summed E-state index contributed by atoms with van der Waals surface area (Å²) >= 11 is 0. The first-order chi connectivity index (χ1) is 5.00. The predicted molar refractivity (Wildman–Crippen MR) is 44.1 cm³/mol. The van der Waals surface area contributed by atoms with Crippen molar-refractivity contribution in [3.8, 4) is 0 Å². The maximum absolute atomic E-state index is 5.34. The van der Waals surface area contributed by atoms with Crippen LogP contribution in [0.4, 0.5) is 0 Å². The Kier molecular flexibility index (Phi) is 2.00. The van der Waals surface area contributed by atoms with Crippen LogP contribution >= 0.6 is 0 Å². The fraction of sp³-hybridized carbons (Fsp3) is 0.333. The van der Waals surface area contributed by atoms with Crippen molar-refractivity contribution >= 4 is 15.7 Å². The topological polar surface area (TPSA) is 51.8 Å². The normalized spacial score (nSPS) is 11.5. The molecule has 5 heteroatoms. The number of hydrogen-bond acceptors (Lipinski definition) is 3. The molecule has 1 aromatic heterocycles. The molecule has 0 aliphatic heterocycles. The first-order valence-electron chi connectivity index (χ1n) is 3.16. The molecule has 0 fully saturated rings. The number of hydrogen-bond donors (Lipinski definition) is 1. The van der Waals surface area contributed by atoms with E-state index in [1.165, 1.54) is 0 Å². The van der Waals surface area contributed by atoms with Gasteiger partial charge in [0, 0.05) is 12.4 Å². The molecule has 1 heterocycles. The van der Waals surface area contributed by atoms with Gasteiger partial charge in [-0.25, -0.2) is 9.97 Å². The fourth-order valence-electron chi connectivity index (χ4n) is 0.616. The van der Waals surface area contributed by atoms with E-state index in [1.807, 2.05) is 6.92 Å². The highest BCUT2D eigenvalue weighted by molar-refractivity contribution is 6.39. The van der Waals surface area contributed by atoms with Crippen molar-refractivity contribution in [2.75, 3.05) is 0 Å². The van der Waals surface area contributed by atoms with Gasteiger partial charge in [0.15, 0.2) is 0 Å². The van der Waals surface area contributed by atoms with Crippen molar-refractivity contribution in [2.45, 2.75) is 12.3 Å². The van der Waals surface area contributed by atoms with Gasteiger partial charge in [0.2, 0.25) is 0 Å². The second-order valence-corrected chi connectivity index (χ2v) is 2.52. The highest BCUT2D eigenvalue weighted by Crippen LogP contribution is 2.03. The van der Waals surface area contributed by atoms with Crippen LogP contribution in [0.25, 0.3) is 0 Å². The van der Waals surface area contributed by atoms with Crippen molar-refractivity contribution in [1.82, 2.24) is 9.97 Å². The summed E-state index contributed by atoms with van der Waals surface area (Å²) in [5.74, 6) is 0.239. The Morgan fingerprint density at radius 3 is 2.18 bits per heavy atom. The highest BCUT2D eigenvalue weighted by Gasteiger charge is 2.15. The summed E-state index contributed by atoms with van der Waals surface area (Å²) in [5.41, 5.74) is 6.28. The lowest BCUT2D eigenvalue weighted by atomic mass is 9.62. The van der Waals surface area contributed by atoms with Crippen LogP contribution < -0.4 is 5.73 Å². The molecule has 0 aliphatic rings. The van der Waals surface area contributed by atoms with Crippen molar-refractivity contribution in [3.63, 3.8) is 0 Å². The van der Waals surface area contributed by atoms with Crippen molar-refractivity contribution in [1.29, 1.82) is 0 Å². The minimum absolute atomic E-state index is 0.239. The van der Waals surface area contributed by atoms with Crippen molar-refractivity contribution in [3.05, 3.63) is 23.8 Å². The number of aromatic nitrogens is 2. The lowest BCUT2D eigenvalue weighted by Gasteiger charge is -2.16. The van der Waals surface area contributed by atoms with E-state index in [2.05, 4.69) is 9.97 Å². The third-order valence-corrected chi connectivity index (χ3v) is 1.17. The van der Waals surface area contributed by atoms with Crippen LogP contribution in [0, 0.1) is 6.92 Å². The molecule has 0 bridgehead atoms. The fourth-order valence-corrected chi connectivity index (χ4v) is 0.616. The van der Waals surface area contributed by atoms with Gasteiger partial charge in [0.25, 0.3) is 0 Å². The van der Waals surface area contributed by atoms with Crippen LogP contribution in [0.15, 0.2) is 12.4 Å². The first kappa shape index (κ1) is 8.27. The van der Waals surface area contributed by atoms with Gasteiger partial charge < -0.3 is 5.73 Å². The van der Waals surface area contributed by atoms with Gasteiger partial charge in [-0.2, -0.15) is 0 Å². The molecule has 0 aliphatic carbocycles. The minimum Gasteiger partial charge on any atom is -0.334 e. The van der Waals surface area contributed by atoms with E-state index < -0.39 is 5.34 Å². The van der Waals surface area contributed by atoms with Gasteiger partial charge in [-0.05, 0) is 17.8 Å². The molecule has 11 heavy (non-hydrogen) atoms. The highest BCUT2D eigenvalue weighted by atomic mass is 14.9. The second kappa shape index (κ2) is 2.66. The minimum atomic E-state index is -1.44. The molecule has 0 amide bonds. The largest absolute Gasteiger partial charge is 0.334 e. The van der Waals surface area contributed by atoms with Crippen LogP contribution in [0.1, 0.15) is 11.4 Å². The van der Waals surface area contributed by atoms with Gasteiger partial charge in [0.05, 0.1) is 15.7 Å². The molecule has 4 radical (unpaired) electrons. The Balaban J connectivity index is 2.99. The molecule has 2 N–H and O–H groups in total. The first-order valence-corrected chi connectivity index (χ1v) is 3.16. The molecule has 0 unspecified atom stereocenters. The van der Waals surface area contributed by atoms with Crippen LogP contribution in [-0.4, -0.2) is 25.7 Å². The predicted octanol–water partition coefficient (Wildman–Crippen LogP) is -0.809. The molecule has 0 spiro atoms. The van der Waals surface area contributed by atoms with E-state index in [9.17, 15) is 0 Å². The standard InChI is InChI=1S/C6H7B2N3/c1-4-2-10-5(11-3-4)6(7,8)9/h2-3H,9H2,1H3. The summed E-state index contributed by atoms with van der Waals surface area (Å²) in [7, 11) is 10.7. The summed E-state index contributed by atoms with van der Waals surface area (Å²) in [4.78, 5) is 7.73. The number of nitrogens with two attached hydrogens (primary N) is 1. The van der Waals surface area contributed by atoms with Crippen molar-refractivity contribution < 1.29 is 0 Å². The zero-order valence-corrected chi connectivity index (χ0v) is 6.28. The van der Waals surface area contributed by atoms with Gasteiger partial charge >= 0.3 is 0 Å². The van der Waals surface area contributed by atoms with E-state index in [-0.39, 0.29) is 5.82 Å². The van der Waals surface area contributed by atoms with Gasteiger partial charge in [0.1, 0.15) is 5.82 Å². The lowest BCUT2D eigenvalue weighted by molar-refractivity contribution is 0.800. The maximum atomic E-state index is 5.34. The van der Waals surface area contributed by atoms with Crippen LogP contribution in [0.2, 0.25) is 0 Å². The Labute approximate surface area is 68.2 Å². The zero-order chi connectivity index (χ0) is 8.48.